The van der Waals surface area contributed by atoms with Gasteiger partial charge in [-0.05, 0) is 34.3 Å². The molecule has 20 heavy (non-hydrogen) atoms. The van der Waals surface area contributed by atoms with Crippen LogP contribution in [-0.4, -0.2) is 11.0 Å². The van der Waals surface area contributed by atoms with Crippen LogP contribution < -0.4 is 5.32 Å². The summed E-state index contributed by atoms with van der Waals surface area (Å²) in [7, 11) is 0. The van der Waals surface area contributed by atoms with Gasteiger partial charge < -0.3 is 5.32 Å². The number of halogens is 1. The lowest BCUT2D eigenvalue weighted by Crippen LogP contribution is -2.28. The first-order valence-electron chi connectivity index (χ1n) is 7.25. The van der Waals surface area contributed by atoms with Crippen molar-refractivity contribution in [1.82, 2.24) is 5.32 Å². The summed E-state index contributed by atoms with van der Waals surface area (Å²) in [5, 5.41) is 14.4. The van der Waals surface area contributed by atoms with E-state index in [2.05, 4.69) is 35.1 Å². The van der Waals surface area contributed by atoms with E-state index < -0.39 is 0 Å². The largest absolute Gasteiger partial charge is 0.310 e. The van der Waals surface area contributed by atoms with E-state index in [0.717, 1.165) is 24.8 Å². The highest BCUT2D eigenvalue weighted by atomic mass is 79.9. The van der Waals surface area contributed by atoms with E-state index in [4.69, 9.17) is 0 Å². The van der Waals surface area contributed by atoms with Crippen LogP contribution in [0.25, 0.3) is 0 Å². The number of hydrogen-bond acceptors (Lipinski definition) is 3. The molecule has 4 nitrogen and oxygen atoms in total. The minimum Gasteiger partial charge on any atom is -0.310 e. The quantitative estimate of drug-likeness (QED) is 0.517. The third kappa shape index (κ3) is 5.21. The Morgan fingerprint density at radius 3 is 2.65 bits per heavy atom. The molecule has 1 aromatic carbocycles. The zero-order chi connectivity index (χ0) is 15.0. The van der Waals surface area contributed by atoms with Gasteiger partial charge in [-0.15, -0.1) is 0 Å². The van der Waals surface area contributed by atoms with Crippen LogP contribution in [-0.2, 0) is 6.54 Å². The van der Waals surface area contributed by atoms with Crippen LogP contribution in [0.15, 0.2) is 22.7 Å². The van der Waals surface area contributed by atoms with Crippen molar-refractivity contribution in [2.75, 3.05) is 0 Å². The summed E-state index contributed by atoms with van der Waals surface area (Å²) in [6, 6.07) is 5.67. The SMILES string of the molecule is CCCCC(CCC)NCc1cccc([N+](=O)[O-])c1Br. The van der Waals surface area contributed by atoms with E-state index in [1.807, 2.05) is 6.07 Å². The molecule has 1 atom stereocenters. The molecule has 0 amide bonds. The smallest absolute Gasteiger partial charge is 0.283 e. The molecular formula is C15H23BrN2O2. The summed E-state index contributed by atoms with van der Waals surface area (Å²) in [5.41, 5.74) is 1.07. The Morgan fingerprint density at radius 1 is 1.30 bits per heavy atom. The topological polar surface area (TPSA) is 55.2 Å². The molecule has 0 aliphatic rings. The standard InChI is InChI=1S/C15H23BrN2O2/c1-3-5-9-13(7-4-2)17-11-12-8-6-10-14(15(12)16)18(19)20/h6,8,10,13,17H,3-5,7,9,11H2,1-2H3. The van der Waals surface area contributed by atoms with Gasteiger partial charge in [0.15, 0.2) is 0 Å². The van der Waals surface area contributed by atoms with E-state index in [9.17, 15) is 10.1 Å². The van der Waals surface area contributed by atoms with Crippen molar-refractivity contribution in [3.8, 4) is 0 Å². The van der Waals surface area contributed by atoms with Crippen molar-refractivity contribution in [1.29, 1.82) is 0 Å². The summed E-state index contributed by atoms with van der Waals surface area (Å²) < 4.78 is 0.586. The third-order valence-corrected chi connectivity index (χ3v) is 4.29. The average molecular weight is 343 g/mol. The van der Waals surface area contributed by atoms with Crippen molar-refractivity contribution in [2.24, 2.45) is 0 Å². The molecule has 1 unspecified atom stereocenters. The van der Waals surface area contributed by atoms with Gasteiger partial charge in [-0.25, -0.2) is 0 Å². The van der Waals surface area contributed by atoms with Crippen LogP contribution in [0.5, 0.6) is 0 Å². The van der Waals surface area contributed by atoms with E-state index >= 15 is 0 Å². The van der Waals surface area contributed by atoms with Gasteiger partial charge in [-0.3, -0.25) is 10.1 Å². The van der Waals surface area contributed by atoms with Gasteiger partial charge in [0.2, 0.25) is 0 Å². The number of rotatable bonds is 9. The van der Waals surface area contributed by atoms with Gasteiger partial charge >= 0.3 is 0 Å². The van der Waals surface area contributed by atoms with E-state index in [0.29, 0.717) is 17.1 Å². The fourth-order valence-electron chi connectivity index (χ4n) is 2.25. The molecule has 0 aliphatic heterocycles. The molecule has 0 aromatic heterocycles. The second-order valence-corrected chi connectivity index (χ2v) is 5.81. The highest BCUT2D eigenvalue weighted by Crippen LogP contribution is 2.28. The van der Waals surface area contributed by atoms with Gasteiger partial charge in [0.1, 0.15) is 0 Å². The van der Waals surface area contributed by atoms with Gasteiger partial charge in [-0.2, -0.15) is 0 Å². The number of nitrogens with zero attached hydrogens (tertiary/aromatic N) is 1. The lowest BCUT2D eigenvalue weighted by molar-refractivity contribution is -0.385. The molecule has 1 N–H and O–H groups in total. The normalized spacial score (nSPS) is 12.3. The summed E-state index contributed by atoms with van der Waals surface area (Å²) in [6.45, 7) is 5.04. The molecule has 112 valence electrons. The predicted octanol–water partition coefficient (Wildman–Crippen LogP) is 4.81. The monoisotopic (exact) mass is 342 g/mol. The lowest BCUT2D eigenvalue weighted by atomic mass is 10.0. The average Bonchev–Trinajstić information content (AvgIpc) is 2.42. The zero-order valence-electron chi connectivity index (χ0n) is 12.2. The van der Waals surface area contributed by atoms with E-state index in [1.165, 1.54) is 18.9 Å². The van der Waals surface area contributed by atoms with Crippen LogP contribution in [0.2, 0.25) is 0 Å². The number of unbranched alkanes of at least 4 members (excludes halogenated alkanes) is 1. The Balaban J connectivity index is 2.67. The summed E-state index contributed by atoms with van der Waals surface area (Å²) >= 11 is 3.34. The van der Waals surface area contributed by atoms with Gasteiger partial charge in [-0.1, -0.05) is 45.2 Å². The van der Waals surface area contributed by atoms with Crippen molar-refractivity contribution in [2.45, 2.75) is 58.5 Å². The van der Waals surface area contributed by atoms with Gasteiger partial charge in [0.25, 0.3) is 5.69 Å². The molecular weight excluding hydrogens is 320 g/mol. The fourth-order valence-corrected chi connectivity index (χ4v) is 2.79. The molecule has 0 heterocycles. The molecule has 0 saturated heterocycles. The number of hydrogen-bond donors (Lipinski definition) is 1. The fraction of sp³-hybridized carbons (Fsp3) is 0.600. The van der Waals surface area contributed by atoms with Crippen LogP contribution in [0, 0.1) is 10.1 Å². The highest BCUT2D eigenvalue weighted by Gasteiger charge is 2.15. The lowest BCUT2D eigenvalue weighted by Gasteiger charge is -2.18. The molecule has 0 saturated carbocycles. The maximum Gasteiger partial charge on any atom is 0.283 e. The molecule has 0 spiro atoms. The first kappa shape index (κ1) is 17.1. The molecule has 1 rings (SSSR count). The number of benzene rings is 1. The second-order valence-electron chi connectivity index (χ2n) is 5.02. The van der Waals surface area contributed by atoms with Gasteiger partial charge in [0.05, 0.1) is 9.40 Å². The Kier molecular flexibility index (Phi) is 7.77. The summed E-state index contributed by atoms with van der Waals surface area (Å²) in [4.78, 5) is 10.6. The summed E-state index contributed by atoms with van der Waals surface area (Å²) in [6.07, 6.45) is 5.87. The van der Waals surface area contributed by atoms with Crippen molar-refractivity contribution in [3.63, 3.8) is 0 Å². The van der Waals surface area contributed by atoms with Crippen LogP contribution in [0.4, 0.5) is 5.69 Å². The third-order valence-electron chi connectivity index (χ3n) is 3.38. The molecule has 0 bridgehead atoms. The number of nitro benzene ring substituents is 1. The first-order chi connectivity index (χ1) is 9.60. The molecule has 0 fully saturated rings. The minimum absolute atomic E-state index is 0.130. The predicted molar refractivity (Wildman–Crippen MR) is 85.9 cm³/mol. The van der Waals surface area contributed by atoms with Crippen LogP contribution >= 0.6 is 15.9 Å². The Morgan fingerprint density at radius 2 is 2.05 bits per heavy atom. The number of nitrogens with one attached hydrogen (secondary N) is 1. The van der Waals surface area contributed by atoms with Crippen molar-refractivity contribution in [3.05, 3.63) is 38.3 Å². The minimum atomic E-state index is -0.353. The van der Waals surface area contributed by atoms with Gasteiger partial charge in [0, 0.05) is 18.7 Å². The van der Waals surface area contributed by atoms with Crippen LogP contribution in [0.1, 0.15) is 51.5 Å². The molecule has 0 radical (unpaired) electrons. The molecule has 0 aliphatic carbocycles. The molecule has 5 heteroatoms. The Bertz CT molecular complexity index is 438. The maximum atomic E-state index is 10.9. The van der Waals surface area contributed by atoms with E-state index in [1.54, 1.807) is 6.07 Å². The van der Waals surface area contributed by atoms with Crippen LogP contribution in [0.3, 0.4) is 0 Å². The summed E-state index contributed by atoms with van der Waals surface area (Å²) in [5.74, 6) is 0. The molecule has 1 aromatic rings. The zero-order valence-corrected chi connectivity index (χ0v) is 13.8. The second kappa shape index (κ2) is 9.08. The number of nitro groups is 1. The Hall–Kier alpha value is -0.940. The highest BCUT2D eigenvalue weighted by molar-refractivity contribution is 9.10. The van der Waals surface area contributed by atoms with Crippen molar-refractivity contribution >= 4 is 21.6 Å². The Labute approximate surface area is 129 Å². The van der Waals surface area contributed by atoms with E-state index in [-0.39, 0.29) is 10.6 Å². The van der Waals surface area contributed by atoms with Crippen molar-refractivity contribution < 1.29 is 4.92 Å². The maximum absolute atomic E-state index is 10.9. The first-order valence-corrected chi connectivity index (χ1v) is 8.04.